The van der Waals surface area contributed by atoms with E-state index in [-0.39, 0.29) is 11.6 Å². The molecule has 1 amide bonds. The molecular weight excluding hydrogens is 462 g/mol. The lowest BCUT2D eigenvalue weighted by Gasteiger charge is -2.12. The van der Waals surface area contributed by atoms with E-state index in [1.165, 1.54) is 0 Å². The van der Waals surface area contributed by atoms with E-state index in [9.17, 15) is 9.59 Å². The van der Waals surface area contributed by atoms with Crippen molar-refractivity contribution >= 4 is 22.7 Å². The molecule has 182 valence electrons. The Hall–Kier alpha value is -4.75. The van der Waals surface area contributed by atoms with Gasteiger partial charge in [0.2, 0.25) is 5.82 Å². The SMILES string of the molecule is NC(=O)c1ncc2cc(-c3ccccc3)c(-c3ccc(CNCCC(=O)c4ccccc4)cc3)nc2n1. The average molecular weight is 488 g/mol. The zero-order valence-electron chi connectivity index (χ0n) is 20.1. The molecule has 0 radical (unpaired) electrons. The summed E-state index contributed by atoms with van der Waals surface area (Å²) in [6.07, 6.45) is 2.02. The van der Waals surface area contributed by atoms with Gasteiger partial charge < -0.3 is 11.1 Å². The normalized spacial score (nSPS) is 10.9. The van der Waals surface area contributed by atoms with Crippen molar-refractivity contribution in [3.63, 3.8) is 0 Å². The van der Waals surface area contributed by atoms with E-state index in [1.54, 1.807) is 6.20 Å². The van der Waals surface area contributed by atoms with E-state index in [0.29, 0.717) is 25.2 Å². The maximum Gasteiger partial charge on any atom is 0.286 e. The van der Waals surface area contributed by atoms with Gasteiger partial charge in [0.25, 0.3) is 5.91 Å². The van der Waals surface area contributed by atoms with Crippen molar-refractivity contribution in [1.82, 2.24) is 20.3 Å². The molecule has 0 saturated heterocycles. The first-order chi connectivity index (χ1) is 18.1. The van der Waals surface area contributed by atoms with Crippen LogP contribution < -0.4 is 11.1 Å². The number of carbonyl (C=O) groups excluding carboxylic acids is 2. The van der Waals surface area contributed by atoms with Gasteiger partial charge in [-0.2, -0.15) is 0 Å². The number of hydrogen-bond donors (Lipinski definition) is 2. The van der Waals surface area contributed by atoms with Crippen LogP contribution in [0.15, 0.2) is 97.2 Å². The molecule has 7 heteroatoms. The molecule has 37 heavy (non-hydrogen) atoms. The van der Waals surface area contributed by atoms with Crippen molar-refractivity contribution in [1.29, 1.82) is 0 Å². The average Bonchev–Trinajstić information content (AvgIpc) is 2.95. The monoisotopic (exact) mass is 487 g/mol. The summed E-state index contributed by atoms with van der Waals surface area (Å²) in [7, 11) is 0. The molecule has 7 nitrogen and oxygen atoms in total. The number of fused-ring (bicyclic) bond motifs is 1. The van der Waals surface area contributed by atoms with Crippen LogP contribution in [-0.4, -0.2) is 33.2 Å². The van der Waals surface area contributed by atoms with Gasteiger partial charge in [0.05, 0.1) is 5.69 Å². The Morgan fingerprint density at radius 1 is 0.811 bits per heavy atom. The summed E-state index contributed by atoms with van der Waals surface area (Å²) in [6, 6.07) is 29.4. The number of aromatic nitrogens is 3. The van der Waals surface area contributed by atoms with Gasteiger partial charge >= 0.3 is 0 Å². The van der Waals surface area contributed by atoms with E-state index in [0.717, 1.165) is 38.9 Å². The fourth-order valence-corrected chi connectivity index (χ4v) is 4.12. The summed E-state index contributed by atoms with van der Waals surface area (Å²) in [6.45, 7) is 1.25. The van der Waals surface area contributed by atoms with Crippen LogP contribution in [0.1, 0.15) is 33.0 Å². The first kappa shape index (κ1) is 24.0. The minimum atomic E-state index is -0.695. The van der Waals surface area contributed by atoms with E-state index >= 15 is 0 Å². The Labute approximate surface area is 214 Å². The summed E-state index contributed by atoms with van der Waals surface area (Å²) < 4.78 is 0. The molecule has 0 fully saturated rings. The fraction of sp³-hybridized carbons (Fsp3) is 0.100. The topological polar surface area (TPSA) is 111 Å². The quantitative estimate of drug-likeness (QED) is 0.228. The van der Waals surface area contributed by atoms with Crippen molar-refractivity contribution < 1.29 is 9.59 Å². The van der Waals surface area contributed by atoms with Gasteiger partial charge in [0, 0.05) is 47.8 Å². The number of carbonyl (C=O) groups is 2. The van der Waals surface area contributed by atoms with Gasteiger partial charge in [0.15, 0.2) is 11.4 Å². The third-order valence-electron chi connectivity index (χ3n) is 6.05. The lowest BCUT2D eigenvalue weighted by atomic mass is 9.97. The first-order valence-corrected chi connectivity index (χ1v) is 12.0. The highest BCUT2D eigenvalue weighted by atomic mass is 16.1. The Morgan fingerprint density at radius 2 is 1.51 bits per heavy atom. The first-order valence-electron chi connectivity index (χ1n) is 12.0. The third-order valence-corrected chi connectivity index (χ3v) is 6.05. The molecule has 0 aliphatic rings. The molecule has 3 N–H and O–H groups in total. The highest BCUT2D eigenvalue weighted by Crippen LogP contribution is 2.33. The molecule has 0 spiro atoms. The molecule has 5 rings (SSSR count). The van der Waals surface area contributed by atoms with Crippen LogP contribution in [0, 0.1) is 0 Å². The van der Waals surface area contributed by atoms with Gasteiger partial charge in [-0.3, -0.25) is 9.59 Å². The van der Waals surface area contributed by atoms with Crippen molar-refractivity contribution in [3.8, 4) is 22.4 Å². The zero-order valence-corrected chi connectivity index (χ0v) is 20.1. The summed E-state index contributed by atoms with van der Waals surface area (Å²) in [4.78, 5) is 37.0. The number of nitrogens with one attached hydrogen (secondary N) is 1. The number of rotatable bonds is 9. The molecule has 5 aromatic rings. The van der Waals surface area contributed by atoms with Crippen molar-refractivity contribution in [3.05, 3.63) is 114 Å². The lowest BCUT2D eigenvalue weighted by Crippen LogP contribution is -2.17. The number of nitrogens with zero attached hydrogens (tertiary/aromatic N) is 3. The minimum absolute atomic E-state index is 0.0643. The number of primary amides is 1. The summed E-state index contributed by atoms with van der Waals surface area (Å²) in [5.74, 6) is -0.632. The molecule has 0 aliphatic carbocycles. The van der Waals surface area contributed by atoms with Crippen LogP contribution in [0.5, 0.6) is 0 Å². The van der Waals surface area contributed by atoms with Gasteiger partial charge in [-0.15, -0.1) is 0 Å². The van der Waals surface area contributed by atoms with E-state index in [4.69, 9.17) is 10.7 Å². The maximum atomic E-state index is 12.3. The Kier molecular flexibility index (Phi) is 7.05. The Morgan fingerprint density at radius 3 is 2.22 bits per heavy atom. The largest absolute Gasteiger partial charge is 0.363 e. The molecule has 0 saturated carbocycles. The van der Waals surface area contributed by atoms with Crippen molar-refractivity contribution in [2.45, 2.75) is 13.0 Å². The van der Waals surface area contributed by atoms with Crippen LogP contribution >= 0.6 is 0 Å². The standard InChI is InChI=1S/C30H25N5O2/c31-28(37)30-33-19-24-17-25(21-7-3-1-4-8-21)27(34-29(24)35-30)23-13-11-20(12-14-23)18-32-16-15-26(36)22-9-5-2-6-10-22/h1-14,17,19,32H,15-16,18H2,(H2,31,37). The minimum Gasteiger partial charge on any atom is -0.363 e. The summed E-state index contributed by atoms with van der Waals surface area (Å²) >= 11 is 0. The highest BCUT2D eigenvalue weighted by molar-refractivity contribution is 5.96. The van der Waals surface area contributed by atoms with Gasteiger partial charge in [-0.1, -0.05) is 84.9 Å². The lowest BCUT2D eigenvalue weighted by molar-refractivity contribution is 0.0977. The maximum absolute atomic E-state index is 12.3. The van der Waals surface area contributed by atoms with Gasteiger partial charge in [-0.25, -0.2) is 15.0 Å². The highest BCUT2D eigenvalue weighted by Gasteiger charge is 2.14. The van der Waals surface area contributed by atoms with Gasteiger partial charge in [0.1, 0.15) is 0 Å². The van der Waals surface area contributed by atoms with E-state index in [1.807, 2.05) is 91.0 Å². The molecule has 2 heterocycles. The second-order valence-corrected chi connectivity index (χ2v) is 8.63. The molecule has 0 atom stereocenters. The third kappa shape index (κ3) is 5.58. The molecule has 0 bridgehead atoms. The molecular formula is C30H25N5O2. The summed E-state index contributed by atoms with van der Waals surface area (Å²) in [5.41, 5.74) is 11.2. The molecule has 0 unspecified atom stereocenters. The summed E-state index contributed by atoms with van der Waals surface area (Å²) in [5, 5.41) is 4.06. The zero-order chi connectivity index (χ0) is 25.6. The Bertz CT molecular complexity index is 1550. The predicted octanol–water partition coefficient (Wildman–Crippen LogP) is 4.82. The second-order valence-electron chi connectivity index (χ2n) is 8.63. The number of amides is 1. The molecule has 0 aliphatic heterocycles. The van der Waals surface area contributed by atoms with E-state index < -0.39 is 5.91 Å². The van der Waals surface area contributed by atoms with Gasteiger partial charge in [-0.05, 0) is 17.2 Å². The van der Waals surface area contributed by atoms with Crippen molar-refractivity contribution in [2.75, 3.05) is 6.54 Å². The number of Topliss-reactive ketones (excluding diaryl/α,β-unsaturated/α-hetero) is 1. The second kappa shape index (κ2) is 10.9. The van der Waals surface area contributed by atoms with Crippen molar-refractivity contribution in [2.24, 2.45) is 5.73 Å². The number of nitrogens with two attached hydrogens (primary N) is 1. The van der Waals surface area contributed by atoms with Crippen LogP contribution in [-0.2, 0) is 6.54 Å². The van der Waals surface area contributed by atoms with Crippen LogP contribution in [0.25, 0.3) is 33.4 Å². The smallest absolute Gasteiger partial charge is 0.286 e. The number of ketones is 1. The number of pyridine rings is 1. The number of hydrogen-bond acceptors (Lipinski definition) is 6. The van der Waals surface area contributed by atoms with Crippen LogP contribution in [0.2, 0.25) is 0 Å². The Balaban J connectivity index is 1.36. The fourth-order valence-electron chi connectivity index (χ4n) is 4.12. The van der Waals surface area contributed by atoms with Crippen LogP contribution in [0.4, 0.5) is 0 Å². The van der Waals surface area contributed by atoms with E-state index in [2.05, 4.69) is 15.3 Å². The van der Waals surface area contributed by atoms with Crippen LogP contribution in [0.3, 0.4) is 0 Å². The molecule has 3 aromatic carbocycles. The molecule has 2 aromatic heterocycles. The predicted molar refractivity (Wildman–Crippen MR) is 144 cm³/mol. The number of benzene rings is 3.